The van der Waals surface area contributed by atoms with E-state index in [2.05, 4.69) is 0 Å². The normalized spacial score (nSPS) is 28.3. The second-order valence-corrected chi connectivity index (χ2v) is 4.65. The molecule has 0 radical (unpaired) electrons. The molecule has 0 bridgehead atoms. The Hall–Kier alpha value is -2.27. The molecule has 2 heterocycles. The molecule has 0 unspecified atom stereocenters. The van der Waals surface area contributed by atoms with E-state index in [9.17, 15) is 24.6 Å². The number of carboxylic acids is 1. The molecule has 1 aromatic heterocycles. The molecule has 1 aromatic rings. The molecule has 1 fully saturated rings. The van der Waals surface area contributed by atoms with Gasteiger partial charge in [-0.1, -0.05) is 0 Å². The Balaban J connectivity index is 2.44. The van der Waals surface area contributed by atoms with E-state index in [1.807, 2.05) is 4.98 Å². The summed E-state index contributed by atoms with van der Waals surface area (Å²) in [5.74, 6) is -1.29. The number of aromatic amines is 1. The van der Waals surface area contributed by atoms with Crippen molar-refractivity contribution in [1.82, 2.24) is 9.55 Å². The van der Waals surface area contributed by atoms with E-state index < -0.39 is 48.4 Å². The summed E-state index contributed by atoms with van der Waals surface area (Å²) in [6.07, 6.45) is -2.65. The number of rotatable bonds is 4. The van der Waals surface area contributed by atoms with Crippen LogP contribution in [0.15, 0.2) is 21.9 Å². The van der Waals surface area contributed by atoms with Gasteiger partial charge in [0.25, 0.3) is 5.56 Å². The van der Waals surface area contributed by atoms with Crippen molar-refractivity contribution < 1.29 is 30.0 Å². The second kappa shape index (κ2) is 6.23. The highest BCUT2D eigenvalue weighted by Gasteiger charge is 2.43. The van der Waals surface area contributed by atoms with Crippen LogP contribution in [-0.2, 0) is 9.53 Å². The summed E-state index contributed by atoms with van der Waals surface area (Å²) in [6.45, 7) is -0.571. The number of carboxylic acid groups (broad SMARTS) is 1. The number of aromatic nitrogens is 2. The van der Waals surface area contributed by atoms with Crippen LogP contribution in [0.4, 0.5) is 0 Å². The van der Waals surface area contributed by atoms with Gasteiger partial charge >= 0.3 is 11.7 Å². The van der Waals surface area contributed by atoms with Crippen LogP contribution in [0.1, 0.15) is 11.8 Å². The van der Waals surface area contributed by atoms with Crippen molar-refractivity contribution in [3.05, 3.63) is 38.7 Å². The number of aliphatic hydroxyl groups is 3. The Morgan fingerprint density at radius 2 is 2.05 bits per heavy atom. The minimum absolute atomic E-state index is 0.153. The highest BCUT2D eigenvalue weighted by Crippen LogP contribution is 2.27. The van der Waals surface area contributed by atoms with Crippen LogP contribution in [0.2, 0.25) is 0 Å². The quantitative estimate of drug-likeness (QED) is 0.373. The van der Waals surface area contributed by atoms with Gasteiger partial charge in [0.2, 0.25) is 0 Å². The molecule has 0 spiro atoms. The van der Waals surface area contributed by atoms with Gasteiger partial charge in [-0.2, -0.15) is 0 Å². The minimum Gasteiger partial charge on any atom is -0.478 e. The van der Waals surface area contributed by atoms with E-state index in [0.717, 1.165) is 16.8 Å². The first-order chi connectivity index (χ1) is 10.3. The molecule has 0 saturated carbocycles. The van der Waals surface area contributed by atoms with E-state index in [0.29, 0.717) is 6.08 Å². The summed E-state index contributed by atoms with van der Waals surface area (Å²) < 4.78 is 5.98. The molecule has 1 saturated heterocycles. The lowest BCUT2D eigenvalue weighted by molar-refractivity contribution is -0.131. The molecule has 5 N–H and O–H groups in total. The molecule has 0 amide bonds. The highest BCUT2D eigenvalue weighted by atomic mass is 16.6. The van der Waals surface area contributed by atoms with Gasteiger partial charge in [-0.15, -0.1) is 0 Å². The van der Waals surface area contributed by atoms with Gasteiger partial charge in [-0.25, -0.2) is 9.59 Å². The van der Waals surface area contributed by atoms with Crippen molar-refractivity contribution in [3.63, 3.8) is 0 Å². The van der Waals surface area contributed by atoms with E-state index in [1.54, 1.807) is 0 Å². The topological polar surface area (TPSA) is 162 Å². The molecule has 10 heteroatoms. The van der Waals surface area contributed by atoms with Gasteiger partial charge in [0, 0.05) is 12.3 Å². The van der Waals surface area contributed by atoms with Crippen molar-refractivity contribution in [3.8, 4) is 0 Å². The molecular weight excluding hydrogens is 300 g/mol. The van der Waals surface area contributed by atoms with Crippen molar-refractivity contribution in [2.75, 3.05) is 6.61 Å². The van der Waals surface area contributed by atoms with Gasteiger partial charge in [-0.3, -0.25) is 14.3 Å². The molecular formula is C12H14N2O8. The molecule has 120 valence electrons. The number of carbonyl (C=O) groups is 1. The second-order valence-electron chi connectivity index (χ2n) is 4.65. The van der Waals surface area contributed by atoms with Crippen molar-refractivity contribution in [1.29, 1.82) is 0 Å². The highest BCUT2D eigenvalue weighted by molar-refractivity contribution is 5.85. The van der Waals surface area contributed by atoms with Crippen LogP contribution in [0.3, 0.4) is 0 Å². The first kappa shape index (κ1) is 16.1. The number of ether oxygens (including phenoxy) is 1. The molecule has 4 atom stereocenters. The number of H-pyrrole nitrogens is 1. The van der Waals surface area contributed by atoms with Gasteiger partial charge in [-0.05, 0) is 6.08 Å². The zero-order valence-electron chi connectivity index (χ0n) is 11.1. The summed E-state index contributed by atoms with van der Waals surface area (Å²) in [4.78, 5) is 35.8. The SMILES string of the molecule is O=C(O)/C=C/c1cn([C@@H]2O[C@H](CO)[C@@H](O)[C@H]2O)c(=O)[nH]c1=O. The molecule has 22 heavy (non-hydrogen) atoms. The van der Waals surface area contributed by atoms with Crippen molar-refractivity contribution >= 4 is 12.0 Å². The zero-order valence-corrected chi connectivity index (χ0v) is 11.1. The number of hydrogen-bond acceptors (Lipinski definition) is 7. The van der Waals surface area contributed by atoms with E-state index >= 15 is 0 Å². The third-order valence-electron chi connectivity index (χ3n) is 3.19. The maximum absolute atomic E-state index is 11.8. The van der Waals surface area contributed by atoms with E-state index in [1.165, 1.54) is 0 Å². The van der Waals surface area contributed by atoms with Gasteiger partial charge in [0.05, 0.1) is 12.2 Å². The Bertz CT molecular complexity index is 706. The van der Waals surface area contributed by atoms with Gasteiger partial charge < -0.3 is 25.2 Å². The maximum Gasteiger partial charge on any atom is 0.330 e. The van der Waals surface area contributed by atoms with Crippen LogP contribution < -0.4 is 11.2 Å². The Labute approximate surface area is 122 Å². The van der Waals surface area contributed by atoms with Gasteiger partial charge in [0.15, 0.2) is 6.23 Å². The molecule has 0 aliphatic carbocycles. The average molecular weight is 314 g/mol. The third-order valence-corrected chi connectivity index (χ3v) is 3.19. The summed E-state index contributed by atoms with van der Waals surface area (Å²) in [6, 6.07) is 0. The largest absolute Gasteiger partial charge is 0.478 e. The number of nitrogens with one attached hydrogen (secondary N) is 1. The maximum atomic E-state index is 11.8. The van der Waals surface area contributed by atoms with Crippen LogP contribution in [0.25, 0.3) is 6.08 Å². The Kier molecular flexibility index (Phi) is 4.56. The standard InChI is InChI=1S/C12H14N2O8/c15-4-6-8(18)9(19)11(22-6)14-3-5(1-2-7(16)17)10(20)13-12(14)21/h1-3,6,8-9,11,15,18-19H,4H2,(H,16,17)(H,13,20,21)/b2-1+/t6-,8-,9-,11-/m1/s1. The lowest BCUT2D eigenvalue weighted by Crippen LogP contribution is -2.38. The smallest absolute Gasteiger partial charge is 0.330 e. The molecule has 0 aromatic carbocycles. The summed E-state index contributed by atoms with van der Waals surface area (Å²) >= 11 is 0. The van der Waals surface area contributed by atoms with Gasteiger partial charge in [0.1, 0.15) is 18.3 Å². The summed E-state index contributed by atoms with van der Waals surface area (Å²) in [5, 5.41) is 37.1. The van der Waals surface area contributed by atoms with Crippen LogP contribution in [0.5, 0.6) is 0 Å². The third kappa shape index (κ3) is 2.99. The minimum atomic E-state index is -1.50. The lowest BCUT2D eigenvalue weighted by atomic mass is 10.1. The molecule has 1 aliphatic rings. The first-order valence-corrected chi connectivity index (χ1v) is 6.24. The van der Waals surface area contributed by atoms with Crippen LogP contribution in [-0.4, -0.2) is 60.9 Å². The molecule has 10 nitrogen and oxygen atoms in total. The van der Waals surface area contributed by atoms with Crippen LogP contribution in [0, 0.1) is 0 Å². The summed E-state index contributed by atoms with van der Waals surface area (Å²) in [5.41, 5.74) is -1.88. The van der Waals surface area contributed by atoms with Crippen LogP contribution >= 0.6 is 0 Å². The zero-order chi connectivity index (χ0) is 16.4. The number of aliphatic carboxylic acids is 1. The Morgan fingerprint density at radius 3 is 2.59 bits per heavy atom. The average Bonchev–Trinajstić information content (AvgIpc) is 2.74. The fourth-order valence-electron chi connectivity index (χ4n) is 2.08. The molecule has 1 aliphatic heterocycles. The first-order valence-electron chi connectivity index (χ1n) is 6.24. The predicted molar refractivity (Wildman–Crippen MR) is 71.0 cm³/mol. The van der Waals surface area contributed by atoms with E-state index in [4.69, 9.17) is 14.9 Å². The Morgan fingerprint density at radius 1 is 1.36 bits per heavy atom. The predicted octanol–water partition coefficient (Wildman–Crippen LogP) is -2.75. The molecule has 2 rings (SSSR count). The number of nitrogens with zero attached hydrogens (tertiary/aromatic N) is 1. The lowest BCUT2D eigenvalue weighted by Gasteiger charge is -2.17. The van der Waals surface area contributed by atoms with Crippen molar-refractivity contribution in [2.45, 2.75) is 24.5 Å². The van der Waals surface area contributed by atoms with E-state index in [-0.39, 0.29) is 5.56 Å². The monoisotopic (exact) mass is 314 g/mol. The fraction of sp³-hybridized carbons (Fsp3) is 0.417. The summed E-state index contributed by atoms with van der Waals surface area (Å²) in [7, 11) is 0. The fourth-order valence-corrected chi connectivity index (χ4v) is 2.08. The number of hydrogen-bond donors (Lipinski definition) is 5. The van der Waals surface area contributed by atoms with Crippen molar-refractivity contribution in [2.24, 2.45) is 0 Å². The number of aliphatic hydroxyl groups excluding tert-OH is 3.